The van der Waals surface area contributed by atoms with Crippen LogP contribution in [-0.2, 0) is 4.74 Å². The molecule has 3 heterocycles. The zero-order chi connectivity index (χ0) is 13.4. The van der Waals surface area contributed by atoms with Crippen molar-refractivity contribution in [3.63, 3.8) is 0 Å². The van der Waals surface area contributed by atoms with Crippen LogP contribution in [0.5, 0.6) is 0 Å². The molecule has 1 fully saturated rings. The Morgan fingerprint density at radius 3 is 3.00 bits per heavy atom. The van der Waals surface area contributed by atoms with E-state index in [2.05, 4.69) is 33.8 Å². The molecule has 0 radical (unpaired) electrons. The molecular formula is C12H18N6O. The maximum Gasteiger partial charge on any atom is 0.167 e. The number of rotatable bonds is 2. The first kappa shape index (κ1) is 12.3. The summed E-state index contributed by atoms with van der Waals surface area (Å²) in [5.74, 6) is 0.403. The number of hydrogen-bond donors (Lipinski definition) is 1. The predicted octanol–water partition coefficient (Wildman–Crippen LogP) is 0.648. The molecule has 1 aliphatic heterocycles. The molecule has 0 amide bonds. The summed E-state index contributed by atoms with van der Waals surface area (Å²) in [5.41, 5.74) is 7.16. The lowest BCUT2D eigenvalue weighted by atomic mass is 10.2. The second-order valence-corrected chi connectivity index (χ2v) is 4.93. The van der Waals surface area contributed by atoms with Crippen LogP contribution in [0.1, 0.15) is 19.6 Å². The lowest BCUT2D eigenvalue weighted by Crippen LogP contribution is -2.43. The van der Waals surface area contributed by atoms with Crippen molar-refractivity contribution in [3.05, 3.63) is 12.7 Å². The number of fused-ring (bicyclic) bond motifs is 1. The van der Waals surface area contributed by atoms with Crippen LogP contribution in [0, 0.1) is 0 Å². The van der Waals surface area contributed by atoms with Gasteiger partial charge in [0.15, 0.2) is 11.5 Å². The van der Waals surface area contributed by atoms with E-state index in [4.69, 9.17) is 10.5 Å². The molecule has 0 aliphatic carbocycles. The van der Waals surface area contributed by atoms with Gasteiger partial charge in [-0.3, -0.25) is 9.47 Å². The monoisotopic (exact) mass is 262 g/mol. The van der Waals surface area contributed by atoms with Gasteiger partial charge < -0.3 is 10.5 Å². The van der Waals surface area contributed by atoms with Crippen LogP contribution in [-0.4, -0.2) is 50.7 Å². The lowest BCUT2D eigenvalue weighted by Gasteiger charge is -2.36. The van der Waals surface area contributed by atoms with Gasteiger partial charge in [0.1, 0.15) is 18.1 Å². The van der Waals surface area contributed by atoms with Crippen molar-refractivity contribution in [1.82, 2.24) is 24.4 Å². The molecule has 1 aliphatic rings. The zero-order valence-corrected chi connectivity index (χ0v) is 11.2. The van der Waals surface area contributed by atoms with E-state index in [0.29, 0.717) is 11.3 Å². The van der Waals surface area contributed by atoms with E-state index in [0.717, 1.165) is 25.2 Å². The number of ether oxygens (including phenoxy) is 1. The van der Waals surface area contributed by atoms with Crippen molar-refractivity contribution in [2.45, 2.75) is 25.7 Å². The number of nitrogens with zero attached hydrogens (tertiary/aromatic N) is 5. The third kappa shape index (κ3) is 2.15. The predicted molar refractivity (Wildman–Crippen MR) is 71.4 cm³/mol. The highest BCUT2D eigenvalue weighted by Crippen LogP contribution is 2.24. The summed E-state index contributed by atoms with van der Waals surface area (Å²) in [6.07, 6.45) is 4.33. The Labute approximate surface area is 111 Å². The molecule has 2 atom stereocenters. The van der Waals surface area contributed by atoms with E-state index in [1.54, 1.807) is 6.33 Å². The van der Waals surface area contributed by atoms with Crippen LogP contribution in [0.15, 0.2) is 12.7 Å². The van der Waals surface area contributed by atoms with E-state index in [1.807, 2.05) is 4.57 Å². The quantitative estimate of drug-likeness (QED) is 0.855. The molecule has 2 aromatic heterocycles. The van der Waals surface area contributed by atoms with E-state index >= 15 is 0 Å². The fourth-order valence-corrected chi connectivity index (χ4v) is 2.46. The summed E-state index contributed by atoms with van der Waals surface area (Å²) in [4.78, 5) is 14.8. The topological polar surface area (TPSA) is 82.1 Å². The molecule has 0 bridgehead atoms. The first-order chi connectivity index (χ1) is 9.19. The van der Waals surface area contributed by atoms with Gasteiger partial charge in [-0.05, 0) is 13.5 Å². The highest BCUT2D eigenvalue weighted by molar-refractivity contribution is 5.81. The van der Waals surface area contributed by atoms with Crippen LogP contribution >= 0.6 is 0 Å². The summed E-state index contributed by atoms with van der Waals surface area (Å²) in [6.45, 7) is 3.90. The Hall–Kier alpha value is -1.73. The van der Waals surface area contributed by atoms with Crippen LogP contribution < -0.4 is 5.73 Å². The molecule has 0 aromatic carbocycles. The number of morpholine rings is 1. The summed E-state index contributed by atoms with van der Waals surface area (Å²) < 4.78 is 8.01. The number of hydrogen-bond acceptors (Lipinski definition) is 6. The normalized spacial score (nSPS) is 24.9. The van der Waals surface area contributed by atoms with Gasteiger partial charge in [-0.25, -0.2) is 15.0 Å². The maximum absolute atomic E-state index is 6.08. The summed E-state index contributed by atoms with van der Waals surface area (Å²) in [7, 11) is 2.10. The van der Waals surface area contributed by atoms with Gasteiger partial charge in [-0.2, -0.15) is 0 Å². The molecule has 102 valence electrons. The second kappa shape index (κ2) is 4.75. The van der Waals surface area contributed by atoms with Crippen molar-refractivity contribution in [2.24, 2.45) is 0 Å². The van der Waals surface area contributed by atoms with Crippen LogP contribution in [0.3, 0.4) is 0 Å². The number of nitrogen functional groups attached to an aromatic ring is 1. The Balaban J connectivity index is 1.97. The number of likely N-dealkylation sites (N-methyl/N-ethyl adjacent to an activating group) is 1. The minimum atomic E-state index is -0.0806. The molecule has 7 heteroatoms. The van der Waals surface area contributed by atoms with Gasteiger partial charge in [0.05, 0.1) is 12.4 Å². The van der Waals surface area contributed by atoms with Crippen LogP contribution in [0.4, 0.5) is 5.82 Å². The highest BCUT2D eigenvalue weighted by atomic mass is 16.5. The summed E-state index contributed by atoms with van der Waals surface area (Å²) >= 11 is 0. The Morgan fingerprint density at radius 2 is 2.21 bits per heavy atom. The summed E-state index contributed by atoms with van der Waals surface area (Å²) in [5, 5.41) is 0. The molecule has 3 rings (SSSR count). The zero-order valence-electron chi connectivity index (χ0n) is 11.2. The van der Waals surface area contributed by atoms with Crippen molar-refractivity contribution >= 4 is 17.0 Å². The van der Waals surface area contributed by atoms with Gasteiger partial charge in [0.25, 0.3) is 0 Å². The second-order valence-electron chi connectivity index (χ2n) is 4.93. The molecule has 2 aromatic rings. The van der Waals surface area contributed by atoms with Crippen LogP contribution in [0.25, 0.3) is 11.2 Å². The van der Waals surface area contributed by atoms with Gasteiger partial charge in [0.2, 0.25) is 0 Å². The lowest BCUT2D eigenvalue weighted by molar-refractivity contribution is -0.113. The van der Waals surface area contributed by atoms with Crippen molar-refractivity contribution in [2.75, 3.05) is 25.9 Å². The van der Waals surface area contributed by atoms with E-state index in [-0.39, 0.29) is 12.3 Å². The van der Waals surface area contributed by atoms with Gasteiger partial charge in [0, 0.05) is 13.1 Å². The number of nitrogens with two attached hydrogens (primary N) is 1. The summed E-state index contributed by atoms with van der Waals surface area (Å²) in [6, 6.07) is 0. The Kier molecular flexibility index (Phi) is 3.08. The number of anilines is 1. The highest BCUT2D eigenvalue weighted by Gasteiger charge is 2.27. The molecule has 2 unspecified atom stereocenters. The minimum Gasteiger partial charge on any atom is -0.382 e. The smallest absolute Gasteiger partial charge is 0.167 e. The van der Waals surface area contributed by atoms with E-state index in [1.165, 1.54) is 6.33 Å². The molecule has 0 spiro atoms. The SMILES string of the molecule is CCC1CN(C)CC(n2cnc3c(N)ncnc32)O1. The first-order valence-electron chi connectivity index (χ1n) is 6.46. The molecule has 2 N–H and O–H groups in total. The van der Waals surface area contributed by atoms with E-state index in [9.17, 15) is 0 Å². The molecule has 19 heavy (non-hydrogen) atoms. The average Bonchev–Trinajstić information content (AvgIpc) is 2.83. The van der Waals surface area contributed by atoms with E-state index < -0.39 is 0 Å². The standard InChI is InChI=1S/C12H18N6O/c1-3-8-4-17(2)5-9(19-8)18-7-16-10-11(13)14-6-15-12(10)18/h6-9H,3-5H2,1-2H3,(H2,13,14,15). The number of imidazole rings is 1. The fourth-order valence-electron chi connectivity index (χ4n) is 2.46. The largest absolute Gasteiger partial charge is 0.382 e. The minimum absolute atomic E-state index is 0.0806. The maximum atomic E-state index is 6.08. The molecular weight excluding hydrogens is 244 g/mol. The third-order valence-corrected chi connectivity index (χ3v) is 3.49. The molecule has 1 saturated heterocycles. The van der Waals surface area contributed by atoms with Gasteiger partial charge in [-0.15, -0.1) is 0 Å². The average molecular weight is 262 g/mol. The van der Waals surface area contributed by atoms with Crippen molar-refractivity contribution < 1.29 is 4.74 Å². The van der Waals surface area contributed by atoms with Crippen LogP contribution in [0.2, 0.25) is 0 Å². The van der Waals surface area contributed by atoms with Crippen molar-refractivity contribution in [3.8, 4) is 0 Å². The first-order valence-corrected chi connectivity index (χ1v) is 6.46. The Morgan fingerprint density at radius 1 is 1.37 bits per heavy atom. The molecule has 0 saturated carbocycles. The number of aromatic nitrogens is 4. The molecule has 7 nitrogen and oxygen atoms in total. The Bertz CT molecular complexity index is 583. The van der Waals surface area contributed by atoms with Crippen molar-refractivity contribution in [1.29, 1.82) is 0 Å². The van der Waals surface area contributed by atoms with Gasteiger partial charge >= 0.3 is 0 Å². The third-order valence-electron chi connectivity index (χ3n) is 3.49. The fraction of sp³-hybridized carbons (Fsp3) is 0.583. The van der Waals surface area contributed by atoms with Gasteiger partial charge in [-0.1, -0.05) is 6.92 Å².